The van der Waals surface area contributed by atoms with E-state index in [-0.39, 0.29) is 0 Å². The van der Waals surface area contributed by atoms with Crippen molar-refractivity contribution in [2.45, 2.75) is 6.42 Å². The minimum Gasteiger partial charge on any atom is -0.361 e. The van der Waals surface area contributed by atoms with Crippen LogP contribution in [0, 0.1) is 0 Å². The molecule has 0 spiro atoms. The first kappa shape index (κ1) is 9.37. The third-order valence-corrected chi connectivity index (χ3v) is 2.18. The summed E-state index contributed by atoms with van der Waals surface area (Å²) in [4.78, 5) is 4.12. The van der Waals surface area contributed by atoms with Crippen molar-refractivity contribution in [1.29, 1.82) is 0 Å². The summed E-state index contributed by atoms with van der Waals surface area (Å²) < 4.78 is 0. The van der Waals surface area contributed by atoms with Crippen LogP contribution in [-0.4, -0.2) is 16.6 Å². The molecule has 66 valence electrons. The maximum absolute atomic E-state index is 5.06. The predicted molar refractivity (Wildman–Crippen MR) is 53.7 cm³/mol. The van der Waals surface area contributed by atoms with Gasteiger partial charge in [0.15, 0.2) is 5.11 Å². The Morgan fingerprint density at radius 1 is 1.75 bits per heavy atom. The van der Waals surface area contributed by atoms with Gasteiger partial charge < -0.3 is 10.7 Å². The highest BCUT2D eigenvalue weighted by molar-refractivity contribution is 7.80. The van der Waals surface area contributed by atoms with Crippen LogP contribution in [0.4, 0.5) is 0 Å². The molecule has 0 radical (unpaired) electrons. The molecule has 1 heterocycles. The lowest BCUT2D eigenvalue weighted by molar-refractivity contribution is 0.823. The molecule has 0 fully saturated rings. The minimum absolute atomic E-state index is 0.463. The number of thiazole rings is 1. The van der Waals surface area contributed by atoms with Gasteiger partial charge in [-0.1, -0.05) is 0 Å². The second kappa shape index (κ2) is 5.02. The summed E-state index contributed by atoms with van der Waals surface area (Å²) in [7, 11) is 0. The van der Waals surface area contributed by atoms with Crippen molar-refractivity contribution in [3.63, 3.8) is 0 Å². The molecule has 0 saturated heterocycles. The standard InChI is InChI=1S/C6H10N4S2/c7-10-6(11)8-2-1-5-3-12-4-9-5/h3-4H,1-2,7H2,(H2,8,10,11). The number of hydrogen-bond donors (Lipinski definition) is 3. The zero-order valence-electron chi connectivity index (χ0n) is 6.41. The van der Waals surface area contributed by atoms with Crippen molar-refractivity contribution in [1.82, 2.24) is 15.7 Å². The third-order valence-electron chi connectivity index (χ3n) is 1.28. The average molecular weight is 202 g/mol. The number of hydrogen-bond acceptors (Lipinski definition) is 4. The van der Waals surface area contributed by atoms with Gasteiger partial charge in [0.25, 0.3) is 0 Å². The highest BCUT2D eigenvalue weighted by Crippen LogP contribution is 2.00. The maximum Gasteiger partial charge on any atom is 0.180 e. The van der Waals surface area contributed by atoms with Gasteiger partial charge in [0.2, 0.25) is 0 Å². The van der Waals surface area contributed by atoms with Crippen LogP contribution in [0.15, 0.2) is 10.9 Å². The molecule has 12 heavy (non-hydrogen) atoms. The molecule has 1 rings (SSSR count). The Balaban J connectivity index is 2.15. The van der Waals surface area contributed by atoms with Gasteiger partial charge in [-0.3, -0.25) is 0 Å². The van der Waals surface area contributed by atoms with E-state index in [2.05, 4.69) is 15.7 Å². The second-order valence-corrected chi connectivity index (χ2v) is 3.26. The number of aromatic nitrogens is 1. The van der Waals surface area contributed by atoms with Crippen LogP contribution in [0.1, 0.15) is 5.69 Å². The number of thiocarbonyl (C=S) groups is 1. The zero-order chi connectivity index (χ0) is 8.81. The van der Waals surface area contributed by atoms with Gasteiger partial charge in [0.1, 0.15) is 0 Å². The molecule has 1 aromatic rings. The number of nitrogens with two attached hydrogens (primary N) is 1. The van der Waals surface area contributed by atoms with Gasteiger partial charge in [0, 0.05) is 18.3 Å². The average Bonchev–Trinajstić information content (AvgIpc) is 2.57. The van der Waals surface area contributed by atoms with Crippen LogP contribution in [0.2, 0.25) is 0 Å². The molecule has 4 nitrogen and oxygen atoms in total. The Bertz CT molecular complexity index is 234. The molecule has 0 aliphatic heterocycles. The van der Waals surface area contributed by atoms with Crippen LogP contribution in [0.5, 0.6) is 0 Å². The van der Waals surface area contributed by atoms with E-state index in [9.17, 15) is 0 Å². The van der Waals surface area contributed by atoms with Crippen molar-refractivity contribution in [3.8, 4) is 0 Å². The summed E-state index contributed by atoms with van der Waals surface area (Å²) in [5.74, 6) is 5.06. The lowest BCUT2D eigenvalue weighted by Gasteiger charge is -2.04. The molecule has 4 N–H and O–H groups in total. The molecule has 0 aliphatic carbocycles. The van der Waals surface area contributed by atoms with E-state index < -0.39 is 0 Å². The minimum atomic E-state index is 0.463. The lowest BCUT2D eigenvalue weighted by Crippen LogP contribution is -2.40. The van der Waals surface area contributed by atoms with Crippen molar-refractivity contribution in [3.05, 3.63) is 16.6 Å². The number of nitrogens with zero attached hydrogens (tertiary/aromatic N) is 1. The van der Waals surface area contributed by atoms with E-state index >= 15 is 0 Å². The van der Waals surface area contributed by atoms with Crippen LogP contribution in [0.3, 0.4) is 0 Å². The van der Waals surface area contributed by atoms with Gasteiger partial charge >= 0.3 is 0 Å². The quantitative estimate of drug-likeness (QED) is 0.366. The van der Waals surface area contributed by atoms with Crippen LogP contribution in [-0.2, 0) is 6.42 Å². The Kier molecular flexibility index (Phi) is 3.92. The molecule has 0 amide bonds. The van der Waals surface area contributed by atoms with E-state index in [0.717, 1.165) is 18.7 Å². The summed E-state index contributed by atoms with van der Waals surface area (Å²) >= 11 is 6.38. The molecular formula is C6H10N4S2. The molecule has 0 atom stereocenters. The Labute approximate surface area is 80.2 Å². The van der Waals surface area contributed by atoms with Crippen LogP contribution >= 0.6 is 23.6 Å². The molecule has 6 heteroatoms. The fraction of sp³-hybridized carbons (Fsp3) is 0.333. The van der Waals surface area contributed by atoms with Crippen molar-refractivity contribution < 1.29 is 0 Å². The first-order chi connectivity index (χ1) is 5.83. The Morgan fingerprint density at radius 2 is 2.58 bits per heavy atom. The van der Waals surface area contributed by atoms with Crippen molar-refractivity contribution >= 4 is 28.7 Å². The second-order valence-electron chi connectivity index (χ2n) is 2.13. The third kappa shape index (κ3) is 3.12. The highest BCUT2D eigenvalue weighted by atomic mass is 32.1. The topological polar surface area (TPSA) is 63.0 Å². The highest BCUT2D eigenvalue weighted by Gasteiger charge is 1.94. The summed E-state index contributed by atoms with van der Waals surface area (Å²) in [5.41, 5.74) is 5.24. The molecule has 0 unspecified atom stereocenters. The Morgan fingerprint density at radius 3 is 3.17 bits per heavy atom. The molecule has 0 aromatic carbocycles. The van der Waals surface area contributed by atoms with Crippen molar-refractivity contribution in [2.75, 3.05) is 6.54 Å². The van der Waals surface area contributed by atoms with Crippen LogP contribution < -0.4 is 16.6 Å². The molecule has 0 bridgehead atoms. The van der Waals surface area contributed by atoms with E-state index in [1.807, 2.05) is 10.9 Å². The molecule has 0 saturated carbocycles. The summed E-state index contributed by atoms with van der Waals surface area (Å²) in [6.45, 7) is 0.757. The summed E-state index contributed by atoms with van der Waals surface area (Å²) in [5, 5.41) is 5.41. The number of nitrogens with one attached hydrogen (secondary N) is 2. The monoisotopic (exact) mass is 202 g/mol. The smallest absolute Gasteiger partial charge is 0.180 e. The number of rotatable bonds is 3. The number of hydrazine groups is 1. The summed E-state index contributed by atoms with van der Waals surface area (Å²) in [6, 6.07) is 0. The Hall–Kier alpha value is -0.720. The van der Waals surface area contributed by atoms with E-state index in [4.69, 9.17) is 18.1 Å². The van der Waals surface area contributed by atoms with Crippen LogP contribution in [0.25, 0.3) is 0 Å². The lowest BCUT2D eigenvalue weighted by atomic mass is 10.3. The van der Waals surface area contributed by atoms with E-state index in [0.29, 0.717) is 5.11 Å². The zero-order valence-corrected chi connectivity index (χ0v) is 8.04. The molecule has 1 aromatic heterocycles. The van der Waals surface area contributed by atoms with Gasteiger partial charge in [-0.05, 0) is 12.2 Å². The first-order valence-electron chi connectivity index (χ1n) is 3.44. The predicted octanol–water partition coefficient (Wildman–Crippen LogP) is 0.0234. The van der Waals surface area contributed by atoms with Gasteiger partial charge in [-0.25, -0.2) is 10.8 Å². The SMILES string of the molecule is NNC(=S)NCCc1cscn1. The normalized spacial score (nSPS) is 9.42. The van der Waals surface area contributed by atoms with E-state index in [1.54, 1.807) is 11.3 Å². The van der Waals surface area contributed by atoms with Crippen molar-refractivity contribution in [2.24, 2.45) is 5.84 Å². The first-order valence-corrected chi connectivity index (χ1v) is 4.79. The largest absolute Gasteiger partial charge is 0.361 e. The van der Waals surface area contributed by atoms with E-state index in [1.165, 1.54) is 0 Å². The molecule has 0 aliphatic rings. The van der Waals surface area contributed by atoms with Gasteiger partial charge in [-0.15, -0.1) is 11.3 Å². The fourth-order valence-corrected chi connectivity index (χ4v) is 1.41. The fourth-order valence-electron chi connectivity index (χ4n) is 0.716. The summed E-state index contributed by atoms with van der Waals surface area (Å²) in [6.07, 6.45) is 0.866. The molecular weight excluding hydrogens is 192 g/mol. The van der Waals surface area contributed by atoms with Gasteiger partial charge in [0.05, 0.1) is 11.2 Å². The van der Waals surface area contributed by atoms with Gasteiger partial charge in [-0.2, -0.15) is 0 Å². The maximum atomic E-state index is 5.06.